The molecular weight excluding hydrogens is 232 g/mol. The van der Waals surface area contributed by atoms with E-state index < -0.39 is 0 Å². The molecule has 0 unspecified atom stereocenters. The third-order valence-electron chi connectivity index (χ3n) is 1.87. The van der Waals surface area contributed by atoms with Gasteiger partial charge in [-0.05, 0) is 18.1 Å². The smallest absolute Gasteiger partial charge is 0.226 e. The van der Waals surface area contributed by atoms with E-state index in [2.05, 4.69) is 26.1 Å². The van der Waals surface area contributed by atoms with Crippen LogP contribution in [0, 0.1) is 0 Å². The van der Waals surface area contributed by atoms with Crippen molar-refractivity contribution in [2.24, 2.45) is 0 Å². The molecule has 13 heavy (non-hydrogen) atoms. The van der Waals surface area contributed by atoms with E-state index in [1.807, 2.05) is 18.3 Å². The molecular formula is C8H9BrN4. The van der Waals surface area contributed by atoms with E-state index in [4.69, 9.17) is 5.73 Å². The summed E-state index contributed by atoms with van der Waals surface area (Å²) in [6.45, 7) is 0. The summed E-state index contributed by atoms with van der Waals surface area (Å²) in [5.41, 5.74) is 7.63. The molecule has 5 heteroatoms. The van der Waals surface area contributed by atoms with Crippen LogP contribution in [0.4, 0.5) is 5.95 Å². The summed E-state index contributed by atoms with van der Waals surface area (Å²) < 4.78 is 1.79. The van der Waals surface area contributed by atoms with Crippen LogP contribution in [0.5, 0.6) is 0 Å². The average Bonchev–Trinajstić information content (AvgIpc) is 2.49. The predicted octanol–water partition coefficient (Wildman–Crippen LogP) is 1.25. The van der Waals surface area contributed by atoms with Gasteiger partial charge in [0.1, 0.15) is 0 Å². The number of alkyl halides is 1. The maximum Gasteiger partial charge on any atom is 0.226 e. The number of nitrogens with two attached hydrogens (primary N) is 1. The number of anilines is 1. The first-order valence-corrected chi connectivity index (χ1v) is 5.08. The van der Waals surface area contributed by atoms with Gasteiger partial charge in [-0.1, -0.05) is 22.0 Å². The lowest BCUT2D eigenvalue weighted by atomic mass is 10.2. The summed E-state index contributed by atoms with van der Waals surface area (Å²) in [4.78, 5) is 0. The average molecular weight is 241 g/mol. The maximum absolute atomic E-state index is 5.62. The normalized spacial score (nSPS) is 10.8. The molecule has 2 aromatic heterocycles. The Labute approximate surface area is 83.9 Å². The Morgan fingerprint density at radius 2 is 2.23 bits per heavy atom. The van der Waals surface area contributed by atoms with Gasteiger partial charge in [0.05, 0.1) is 0 Å². The maximum atomic E-state index is 5.62. The SMILES string of the molecule is Nc1nnc2ccc(CCBr)cn12. The fraction of sp³-hybridized carbons (Fsp3) is 0.250. The highest BCUT2D eigenvalue weighted by Crippen LogP contribution is 2.08. The van der Waals surface area contributed by atoms with Crippen LogP contribution in [0.2, 0.25) is 0 Å². The Hall–Kier alpha value is -1.10. The van der Waals surface area contributed by atoms with Gasteiger partial charge in [0.2, 0.25) is 5.95 Å². The standard InChI is InChI=1S/C8H9BrN4/c9-4-3-6-1-2-7-11-12-8(10)13(7)5-6/h1-2,5H,3-4H2,(H2,10,12). The van der Waals surface area contributed by atoms with Crippen molar-refractivity contribution in [2.75, 3.05) is 11.1 Å². The zero-order valence-electron chi connectivity index (χ0n) is 6.94. The fourth-order valence-corrected chi connectivity index (χ4v) is 1.67. The quantitative estimate of drug-likeness (QED) is 0.805. The van der Waals surface area contributed by atoms with Crippen LogP contribution in [0.15, 0.2) is 18.3 Å². The monoisotopic (exact) mass is 240 g/mol. The number of rotatable bonds is 2. The Kier molecular flexibility index (Phi) is 2.18. The van der Waals surface area contributed by atoms with Crippen molar-refractivity contribution >= 4 is 27.5 Å². The molecule has 0 aliphatic rings. The highest BCUT2D eigenvalue weighted by atomic mass is 79.9. The van der Waals surface area contributed by atoms with Crippen molar-refractivity contribution in [1.82, 2.24) is 14.6 Å². The molecule has 0 fully saturated rings. The topological polar surface area (TPSA) is 56.2 Å². The van der Waals surface area contributed by atoms with Crippen LogP contribution in [0.1, 0.15) is 5.56 Å². The predicted molar refractivity (Wildman–Crippen MR) is 54.9 cm³/mol. The number of hydrogen-bond acceptors (Lipinski definition) is 3. The number of hydrogen-bond donors (Lipinski definition) is 1. The lowest BCUT2D eigenvalue weighted by molar-refractivity contribution is 1.08. The zero-order valence-corrected chi connectivity index (χ0v) is 8.53. The molecule has 0 aromatic carbocycles. The van der Waals surface area contributed by atoms with Crippen molar-refractivity contribution < 1.29 is 0 Å². The van der Waals surface area contributed by atoms with E-state index in [0.717, 1.165) is 17.4 Å². The van der Waals surface area contributed by atoms with E-state index in [-0.39, 0.29) is 0 Å². The van der Waals surface area contributed by atoms with Crippen LogP contribution in [0.3, 0.4) is 0 Å². The van der Waals surface area contributed by atoms with Gasteiger partial charge in [-0.2, -0.15) is 0 Å². The molecule has 0 saturated carbocycles. The van der Waals surface area contributed by atoms with Crippen molar-refractivity contribution in [3.63, 3.8) is 0 Å². The molecule has 2 heterocycles. The Morgan fingerprint density at radius 3 is 3.00 bits per heavy atom. The molecule has 0 amide bonds. The number of aryl methyl sites for hydroxylation is 1. The first-order valence-electron chi connectivity index (χ1n) is 3.96. The van der Waals surface area contributed by atoms with E-state index >= 15 is 0 Å². The third kappa shape index (κ3) is 1.51. The summed E-state index contributed by atoms with van der Waals surface area (Å²) in [5, 5.41) is 8.62. The van der Waals surface area contributed by atoms with E-state index in [1.165, 1.54) is 5.56 Å². The Morgan fingerprint density at radius 1 is 1.38 bits per heavy atom. The molecule has 0 aliphatic heterocycles. The minimum Gasteiger partial charge on any atom is -0.368 e. The van der Waals surface area contributed by atoms with Gasteiger partial charge in [0.25, 0.3) is 0 Å². The summed E-state index contributed by atoms with van der Waals surface area (Å²) in [6, 6.07) is 3.95. The lowest BCUT2D eigenvalue weighted by Gasteiger charge is -1.99. The Bertz CT molecular complexity index is 423. The van der Waals surface area contributed by atoms with Gasteiger partial charge in [-0.25, -0.2) is 0 Å². The highest BCUT2D eigenvalue weighted by Gasteiger charge is 2.01. The molecule has 2 N–H and O–H groups in total. The van der Waals surface area contributed by atoms with Gasteiger partial charge in [-0.3, -0.25) is 4.40 Å². The second-order valence-electron chi connectivity index (χ2n) is 2.76. The number of halogens is 1. The summed E-state index contributed by atoms with van der Waals surface area (Å²) in [7, 11) is 0. The van der Waals surface area contributed by atoms with Gasteiger partial charge < -0.3 is 5.73 Å². The van der Waals surface area contributed by atoms with Crippen LogP contribution >= 0.6 is 15.9 Å². The van der Waals surface area contributed by atoms with Crippen molar-refractivity contribution in [1.29, 1.82) is 0 Å². The van der Waals surface area contributed by atoms with Gasteiger partial charge >= 0.3 is 0 Å². The van der Waals surface area contributed by atoms with Crippen LogP contribution < -0.4 is 5.73 Å². The third-order valence-corrected chi connectivity index (χ3v) is 2.27. The van der Waals surface area contributed by atoms with Gasteiger partial charge in [-0.15, -0.1) is 10.2 Å². The van der Waals surface area contributed by atoms with Crippen molar-refractivity contribution in [3.05, 3.63) is 23.9 Å². The highest BCUT2D eigenvalue weighted by molar-refractivity contribution is 9.09. The summed E-state index contributed by atoms with van der Waals surface area (Å²) in [6.07, 6.45) is 2.94. The van der Waals surface area contributed by atoms with E-state index in [9.17, 15) is 0 Å². The van der Waals surface area contributed by atoms with Crippen molar-refractivity contribution in [3.8, 4) is 0 Å². The fourth-order valence-electron chi connectivity index (χ4n) is 1.21. The molecule has 2 aromatic rings. The number of fused-ring (bicyclic) bond motifs is 1. The molecule has 0 bridgehead atoms. The van der Waals surface area contributed by atoms with E-state index in [1.54, 1.807) is 4.40 Å². The minimum absolute atomic E-state index is 0.437. The van der Waals surface area contributed by atoms with Crippen molar-refractivity contribution in [2.45, 2.75) is 6.42 Å². The molecule has 4 nitrogen and oxygen atoms in total. The first-order chi connectivity index (χ1) is 6.31. The summed E-state index contributed by atoms with van der Waals surface area (Å²) in [5.74, 6) is 0.437. The molecule has 2 rings (SSSR count). The second kappa shape index (κ2) is 3.33. The molecule has 0 saturated heterocycles. The van der Waals surface area contributed by atoms with Crippen LogP contribution in [0.25, 0.3) is 5.65 Å². The largest absolute Gasteiger partial charge is 0.368 e. The first kappa shape index (κ1) is 8.50. The van der Waals surface area contributed by atoms with Gasteiger partial charge in [0.15, 0.2) is 5.65 Å². The number of nitrogen functional groups attached to an aromatic ring is 1. The Balaban J connectivity index is 2.53. The molecule has 68 valence electrons. The second-order valence-corrected chi connectivity index (χ2v) is 3.56. The lowest BCUT2D eigenvalue weighted by Crippen LogP contribution is -1.96. The van der Waals surface area contributed by atoms with Crippen LogP contribution in [-0.2, 0) is 6.42 Å². The summed E-state index contributed by atoms with van der Waals surface area (Å²) >= 11 is 3.39. The van der Waals surface area contributed by atoms with Gasteiger partial charge in [0, 0.05) is 11.5 Å². The minimum atomic E-state index is 0.437. The molecule has 0 spiro atoms. The molecule has 0 atom stereocenters. The number of aromatic nitrogens is 3. The van der Waals surface area contributed by atoms with Crippen LogP contribution in [-0.4, -0.2) is 19.9 Å². The number of pyridine rings is 1. The molecule has 0 aliphatic carbocycles. The van der Waals surface area contributed by atoms with E-state index in [0.29, 0.717) is 5.95 Å². The zero-order chi connectivity index (χ0) is 9.26. The molecule has 0 radical (unpaired) electrons. The number of nitrogens with zero attached hydrogens (tertiary/aromatic N) is 3.